The highest BCUT2D eigenvalue weighted by Crippen LogP contribution is 2.23. The molecule has 0 aromatic heterocycles. The Morgan fingerprint density at radius 3 is 2.85 bits per heavy atom. The molecule has 1 unspecified atom stereocenters. The molecule has 2 rings (SSSR count). The molecule has 0 radical (unpaired) electrons. The average Bonchev–Trinajstić information content (AvgIpc) is 3.28. The summed E-state index contributed by atoms with van der Waals surface area (Å²) >= 11 is 0. The quantitative estimate of drug-likeness (QED) is 0.765. The molecule has 0 bridgehead atoms. The Kier molecular flexibility index (Phi) is 5.41. The van der Waals surface area contributed by atoms with Crippen molar-refractivity contribution in [3.8, 4) is 5.75 Å². The number of para-hydroxylation sites is 1. The van der Waals surface area contributed by atoms with Gasteiger partial charge in [0, 0.05) is 24.7 Å². The van der Waals surface area contributed by atoms with Crippen molar-refractivity contribution in [3.05, 3.63) is 29.8 Å². The van der Waals surface area contributed by atoms with Gasteiger partial charge in [-0.25, -0.2) is 0 Å². The van der Waals surface area contributed by atoms with Crippen molar-refractivity contribution in [3.63, 3.8) is 0 Å². The van der Waals surface area contributed by atoms with E-state index >= 15 is 0 Å². The summed E-state index contributed by atoms with van der Waals surface area (Å²) in [5, 5.41) is 6.32. The van der Waals surface area contributed by atoms with Crippen molar-refractivity contribution in [2.24, 2.45) is 0 Å². The summed E-state index contributed by atoms with van der Waals surface area (Å²) in [4.78, 5) is 11.8. The largest absolute Gasteiger partial charge is 0.481 e. The molecular weight excluding hydrogens is 252 g/mol. The molecule has 1 fully saturated rings. The molecule has 20 heavy (non-hydrogen) atoms. The van der Waals surface area contributed by atoms with Crippen LogP contribution in [0.1, 0.15) is 38.7 Å². The summed E-state index contributed by atoms with van der Waals surface area (Å²) < 4.78 is 5.80. The Hall–Kier alpha value is -1.55. The third-order valence-electron chi connectivity index (χ3n) is 3.35. The summed E-state index contributed by atoms with van der Waals surface area (Å²) in [5.41, 5.74) is 1.11. The molecule has 4 nitrogen and oxygen atoms in total. The van der Waals surface area contributed by atoms with Gasteiger partial charge in [0.05, 0.1) is 0 Å². The fraction of sp³-hybridized carbons (Fsp3) is 0.562. The van der Waals surface area contributed by atoms with E-state index in [0.717, 1.165) is 24.3 Å². The third-order valence-corrected chi connectivity index (χ3v) is 3.35. The van der Waals surface area contributed by atoms with Gasteiger partial charge in [-0.3, -0.25) is 4.79 Å². The third kappa shape index (κ3) is 4.53. The van der Waals surface area contributed by atoms with Gasteiger partial charge in [0.1, 0.15) is 5.75 Å². The molecule has 0 heterocycles. The number of rotatable bonds is 8. The monoisotopic (exact) mass is 276 g/mol. The number of hydrogen-bond donors (Lipinski definition) is 2. The van der Waals surface area contributed by atoms with Crippen molar-refractivity contribution in [1.82, 2.24) is 10.6 Å². The molecule has 0 aliphatic heterocycles. The first kappa shape index (κ1) is 14.9. The van der Waals surface area contributed by atoms with Crippen LogP contribution in [0.15, 0.2) is 24.3 Å². The van der Waals surface area contributed by atoms with Crippen LogP contribution in [-0.4, -0.2) is 24.6 Å². The van der Waals surface area contributed by atoms with Crippen molar-refractivity contribution in [2.45, 2.75) is 51.8 Å². The van der Waals surface area contributed by atoms with Crippen LogP contribution in [0.3, 0.4) is 0 Å². The molecule has 2 N–H and O–H groups in total. The lowest BCUT2D eigenvalue weighted by molar-refractivity contribution is -0.127. The van der Waals surface area contributed by atoms with E-state index in [1.165, 1.54) is 12.8 Å². The first-order valence-corrected chi connectivity index (χ1v) is 7.46. The zero-order valence-corrected chi connectivity index (χ0v) is 12.3. The van der Waals surface area contributed by atoms with Crippen molar-refractivity contribution < 1.29 is 9.53 Å². The standard InChI is InChI=1S/C16H24N2O2/c1-3-10-17-16(19)12(2)20-15-7-5-4-6-13(15)11-18-14-8-9-14/h4-7,12,14,18H,3,8-11H2,1-2H3,(H,17,19). The Labute approximate surface area is 120 Å². The van der Waals surface area contributed by atoms with E-state index in [9.17, 15) is 4.79 Å². The van der Waals surface area contributed by atoms with Crippen LogP contribution in [0.5, 0.6) is 5.75 Å². The molecule has 1 saturated carbocycles. The van der Waals surface area contributed by atoms with Crippen LogP contribution in [0.4, 0.5) is 0 Å². The Balaban J connectivity index is 1.91. The topological polar surface area (TPSA) is 50.4 Å². The first-order valence-electron chi connectivity index (χ1n) is 7.46. The Morgan fingerprint density at radius 1 is 1.40 bits per heavy atom. The second-order valence-electron chi connectivity index (χ2n) is 5.31. The lowest BCUT2D eigenvalue weighted by Gasteiger charge is -2.17. The molecule has 1 aliphatic rings. The van der Waals surface area contributed by atoms with Gasteiger partial charge in [0.25, 0.3) is 5.91 Å². The van der Waals surface area contributed by atoms with E-state index in [1.807, 2.05) is 31.2 Å². The molecule has 0 spiro atoms. The van der Waals surface area contributed by atoms with Gasteiger partial charge >= 0.3 is 0 Å². The van der Waals surface area contributed by atoms with Crippen LogP contribution in [0.25, 0.3) is 0 Å². The fourth-order valence-electron chi connectivity index (χ4n) is 1.94. The minimum atomic E-state index is -0.469. The normalized spacial score (nSPS) is 15.7. The van der Waals surface area contributed by atoms with Crippen molar-refractivity contribution in [1.29, 1.82) is 0 Å². The van der Waals surface area contributed by atoms with E-state index in [1.54, 1.807) is 6.92 Å². The van der Waals surface area contributed by atoms with Gasteiger partial charge in [-0.15, -0.1) is 0 Å². The molecule has 4 heteroatoms. The molecule has 0 saturated heterocycles. The second-order valence-corrected chi connectivity index (χ2v) is 5.31. The Bertz CT molecular complexity index is 444. The van der Waals surface area contributed by atoms with Crippen LogP contribution < -0.4 is 15.4 Å². The van der Waals surface area contributed by atoms with Gasteiger partial charge < -0.3 is 15.4 Å². The minimum absolute atomic E-state index is 0.0585. The van der Waals surface area contributed by atoms with Crippen LogP contribution in [0.2, 0.25) is 0 Å². The number of ether oxygens (including phenoxy) is 1. The maximum atomic E-state index is 11.8. The molecule has 1 aromatic rings. The maximum Gasteiger partial charge on any atom is 0.260 e. The van der Waals surface area contributed by atoms with E-state index in [0.29, 0.717) is 12.6 Å². The second kappa shape index (κ2) is 7.29. The number of hydrogen-bond acceptors (Lipinski definition) is 3. The molecule has 1 aliphatic carbocycles. The number of amides is 1. The zero-order valence-electron chi connectivity index (χ0n) is 12.3. The highest BCUT2D eigenvalue weighted by atomic mass is 16.5. The molecule has 110 valence electrons. The molecular formula is C16H24N2O2. The lowest BCUT2D eigenvalue weighted by atomic mass is 10.2. The zero-order chi connectivity index (χ0) is 14.4. The molecule has 1 atom stereocenters. The summed E-state index contributed by atoms with van der Waals surface area (Å²) in [6, 6.07) is 8.56. The van der Waals surface area contributed by atoms with Crippen molar-refractivity contribution >= 4 is 5.91 Å². The summed E-state index contributed by atoms with van der Waals surface area (Å²) in [7, 11) is 0. The minimum Gasteiger partial charge on any atom is -0.481 e. The van der Waals surface area contributed by atoms with E-state index < -0.39 is 6.10 Å². The predicted octanol–water partition coefficient (Wildman–Crippen LogP) is 2.23. The van der Waals surface area contributed by atoms with E-state index in [2.05, 4.69) is 10.6 Å². The van der Waals surface area contributed by atoms with Gasteiger partial charge in [0.2, 0.25) is 0 Å². The molecule has 1 aromatic carbocycles. The smallest absolute Gasteiger partial charge is 0.260 e. The predicted molar refractivity (Wildman–Crippen MR) is 79.7 cm³/mol. The van der Waals surface area contributed by atoms with Gasteiger partial charge in [0.15, 0.2) is 6.10 Å². The Morgan fingerprint density at radius 2 is 2.15 bits per heavy atom. The molecule has 1 amide bonds. The van der Waals surface area contributed by atoms with Gasteiger partial charge in [-0.2, -0.15) is 0 Å². The van der Waals surface area contributed by atoms with E-state index in [4.69, 9.17) is 4.74 Å². The number of carbonyl (C=O) groups excluding carboxylic acids is 1. The number of nitrogens with one attached hydrogen (secondary N) is 2. The summed E-state index contributed by atoms with van der Waals surface area (Å²) in [6.07, 6.45) is 2.99. The SMILES string of the molecule is CCCNC(=O)C(C)Oc1ccccc1CNC1CC1. The highest BCUT2D eigenvalue weighted by Gasteiger charge is 2.21. The van der Waals surface area contributed by atoms with Crippen molar-refractivity contribution in [2.75, 3.05) is 6.54 Å². The van der Waals surface area contributed by atoms with Crippen LogP contribution in [0, 0.1) is 0 Å². The first-order chi connectivity index (χ1) is 9.70. The van der Waals surface area contributed by atoms with E-state index in [-0.39, 0.29) is 5.91 Å². The highest BCUT2D eigenvalue weighted by molar-refractivity contribution is 5.80. The van der Waals surface area contributed by atoms with Crippen LogP contribution >= 0.6 is 0 Å². The average molecular weight is 276 g/mol. The summed E-state index contributed by atoms with van der Waals surface area (Å²) in [6.45, 7) is 5.31. The summed E-state index contributed by atoms with van der Waals surface area (Å²) in [5.74, 6) is 0.733. The lowest BCUT2D eigenvalue weighted by Crippen LogP contribution is -2.36. The van der Waals surface area contributed by atoms with Gasteiger partial charge in [-0.05, 0) is 32.3 Å². The van der Waals surface area contributed by atoms with Gasteiger partial charge in [-0.1, -0.05) is 25.1 Å². The van der Waals surface area contributed by atoms with Crippen LogP contribution in [-0.2, 0) is 11.3 Å². The fourth-order valence-corrected chi connectivity index (χ4v) is 1.94. The number of carbonyl (C=O) groups is 1. The maximum absolute atomic E-state index is 11.8. The number of benzene rings is 1.